The number of imidazole rings is 1. The minimum atomic E-state index is -0.742. The second-order valence-electron chi connectivity index (χ2n) is 4.68. The van der Waals surface area contributed by atoms with Crippen molar-refractivity contribution in [3.8, 4) is 0 Å². The van der Waals surface area contributed by atoms with Crippen LogP contribution >= 0.6 is 0 Å². The van der Waals surface area contributed by atoms with Gasteiger partial charge in [-0.25, -0.2) is 10.5 Å². The standard InChI is InChI=1S/C11H16N6O4/c1-20-16-9-8-10(15-11(12)14-9)17(4-13-8)7-2-5(19)6(3-18)21-7/h4-7,18-19H,2-3H2,1H3,(H3,12,14,15,16)/t5-,6+,7?/m0/s1. The monoisotopic (exact) mass is 296 g/mol. The van der Waals surface area contributed by atoms with Crippen molar-refractivity contribution < 1.29 is 19.8 Å². The van der Waals surface area contributed by atoms with Gasteiger partial charge in [0.2, 0.25) is 5.95 Å². The molecule has 0 bridgehead atoms. The van der Waals surface area contributed by atoms with E-state index in [2.05, 4.69) is 20.4 Å². The highest BCUT2D eigenvalue weighted by Crippen LogP contribution is 2.31. The fourth-order valence-electron chi connectivity index (χ4n) is 2.36. The maximum atomic E-state index is 9.82. The molecule has 0 aliphatic carbocycles. The van der Waals surface area contributed by atoms with Gasteiger partial charge in [0.1, 0.15) is 12.3 Å². The minimum absolute atomic E-state index is 0.0565. The van der Waals surface area contributed by atoms with Crippen LogP contribution in [0.15, 0.2) is 6.33 Å². The van der Waals surface area contributed by atoms with Gasteiger partial charge >= 0.3 is 0 Å². The van der Waals surface area contributed by atoms with Crippen molar-refractivity contribution in [3.05, 3.63) is 6.33 Å². The molecule has 10 nitrogen and oxygen atoms in total. The summed E-state index contributed by atoms with van der Waals surface area (Å²) in [6.07, 6.45) is 0.00738. The molecule has 0 amide bonds. The van der Waals surface area contributed by atoms with E-state index in [1.165, 1.54) is 13.4 Å². The minimum Gasteiger partial charge on any atom is -0.394 e. The Hall–Kier alpha value is -2.01. The number of hydrogen-bond acceptors (Lipinski definition) is 9. The number of nitrogens with two attached hydrogens (primary N) is 1. The number of nitrogens with one attached hydrogen (secondary N) is 1. The fraction of sp³-hybridized carbons (Fsp3) is 0.545. The molecule has 114 valence electrons. The van der Waals surface area contributed by atoms with E-state index in [1.807, 2.05) is 0 Å². The van der Waals surface area contributed by atoms with Crippen molar-refractivity contribution in [1.29, 1.82) is 0 Å². The molecule has 0 radical (unpaired) electrons. The van der Waals surface area contributed by atoms with Gasteiger partial charge in [0.05, 0.1) is 26.1 Å². The summed E-state index contributed by atoms with van der Waals surface area (Å²) in [5.41, 5.74) is 9.19. The molecule has 3 rings (SSSR count). The van der Waals surface area contributed by atoms with E-state index in [-0.39, 0.29) is 12.6 Å². The topological polar surface area (TPSA) is 141 Å². The Balaban J connectivity index is 2.01. The molecule has 10 heteroatoms. The lowest BCUT2D eigenvalue weighted by molar-refractivity contribution is -0.0432. The number of anilines is 2. The van der Waals surface area contributed by atoms with Gasteiger partial charge in [-0.2, -0.15) is 9.97 Å². The number of aliphatic hydroxyl groups is 2. The Morgan fingerprint density at radius 2 is 2.38 bits per heavy atom. The number of nitrogens with zero attached hydrogens (tertiary/aromatic N) is 4. The number of hydrogen-bond donors (Lipinski definition) is 4. The molecule has 0 spiro atoms. The SMILES string of the molecule is CONc1nc(N)nc2c1ncn2C1C[C@H](O)[C@@H](CO)O1. The molecule has 1 aliphatic rings. The summed E-state index contributed by atoms with van der Waals surface area (Å²) >= 11 is 0. The third-order valence-electron chi connectivity index (χ3n) is 3.33. The molecule has 21 heavy (non-hydrogen) atoms. The Kier molecular flexibility index (Phi) is 3.59. The van der Waals surface area contributed by atoms with Crippen molar-refractivity contribution in [3.63, 3.8) is 0 Å². The normalized spacial score (nSPS) is 25.6. The van der Waals surface area contributed by atoms with E-state index >= 15 is 0 Å². The molecule has 2 aromatic rings. The average molecular weight is 296 g/mol. The van der Waals surface area contributed by atoms with Crippen molar-refractivity contribution in [2.24, 2.45) is 0 Å². The summed E-state index contributed by atoms with van der Waals surface area (Å²) in [7, 11) is 1.45. The summed E-state index contributed by atoms with van der Waals surface area (Å²) in [5.74, 6) is 0.400. The summed E-state index contributed by atoms with van der Waals surface area (Å²) in [4.78, 5) is 17.2. The van der Waals surface area contributed by atoms with Crippen molar-refractivity contribution in [2.45, 2.75) is 24.9 Å². The molecule has 1 saturated heterocycles. The van der Waals surface area contributed by atoms with Gasteiger partial charge in [-0.1, -0.05) is 0 Å². The highest BCUT2D eigenvalue weighted by Gasteiger charge is 2.35. The Morgan fingerprint density at radius 3 is 3.05 bits per heavy atom. The van der Waals surface area contributed by atoms with Crippen LogP contribution in [0, 0.1) is 0 Å². The summed E-state index contributed by atoms with van der Waals surface area (Å²) < 4.78 is 7.23. The first kappa shape index (κ1) is 13.9. The van der Waals surface area contributed by atoms with Crippen molar-refractivity contribution in [2.75, 3.05) is 24.9 Å². The number of ether oxygens (including phenoxy) is 1. The third-order valence-corrected chi connectivity index (χ3v) is 3.33. The predicted molar refractivity (Wildman–Crippen MR) is 72.0 cm³/mol. The first-order valence-electron chi connectivity index (χ1n) is 6.37. The van der Waals surface area contributed by atoms with Crippen molar-refractivity contribution >= 4 is 22.9 Å². The first-order chi connectivity index (χ1) is 10.1. The van der Waals surface area contributed by atoms with Gasteiger partial charge in [-0.05, 0) is 0 Å². The summed E-state index contributed by atoms with van der Waals surface area (Å²) in [6.45, 7) is -0.252. The smallest absolute Gasteiger partial charge is 0.224 e. The van der Waals surface area contributed by atoms with Gasteiger partial charge in [0.25, 0.3) is 0 Å². The Labute approximate surface area is 119 Å². The van der Waals surface area contributed by atoms with E-state index in [0.29, 0.717) is 23.4 Å². The van der Waals surface area contributed by atoms with E-state index in [0.717, 1.165) is 0 Å². The maximum Gasteiger partial charge on any atom is 0.224 e. The number of aliphatic hydroxyl groups excluding tert-OH is 2. The van der Waals surface area contributed by atoms with E-state index in [4.69, 9.17) is 20.4 Å². The molecule has 3 atom stereocenters. The van der Waals surface area contributed by atoms with Crippen LogP contribution in [0.3, 0.4) is 0 Å². The molecular weight excluding hydrogens is 280 g/mol. The molecule has 2 aromatic heterocycles. The molecule has 0 saturated carbocycles. The number of fused-ring (bicyclic) bond motifs is 1. The fourth-order valence-corrected chi connectivity index (χ4v) is 2.36. The Bertz CT molecular complexity index is 647. The second kappa shape index (κ2) is 5.41. The van der Waals surface area contributed by atoms with E-state index in [1.54, 1.807) is 4.57 Å². The van der Waals surface area contributed by atoms with Gasteiger partial charge in [-0.15, -0.1) is 0 Å². The molecule has 3 heterocycles. The number of aromatic nitrogens is 4. The van der Waals surface area contributed by atoms with Crippen LogP contribution in [-0.4, -0.2) is 55.7 Å². The quantitative estimate of drug-likeness (QED) is 0.524. The summed E-state index contributed by atoms with van der Waals surface area (Å²) in [5, 5.41) is 19.0. The third kappa shape index (κ3) is 2.38. The second-order valence-corrected chi connectivity index (χ2v) is 4.68. The first-order valence-corrected chi connectivity index (χ1v) is 6.37. The maximum absolute atomic E-state index is 9.82. The van der Waals surface area contributed by atoms with Crippen LogP contribution in [0.5, 0.6) is 0 Å². The van der Waals surface area contributed by atoms with Gasteiger partial charge in [-0.3, -0.25) is 9.40 Å². The zero-order valence-corrected chi connectivity index (χ0v) is 11.3. The highest BCUT2D eigenvalue weighted by atomic mass is 16.6. The lowest BCUT2D eigenvalue weighted by Crippen LogP contribution is -2.24. The highest BCUT2D eigenvalue weighted by molar-refractivity contribution is 5.83. The van der Waals surface area contributed by atoms with Gasteiger partial charge in [0.15, 0.2) is 17.0 Å². The molecular formula is C11H16N6O4. The van der Waals surface area contributed by atoms with E-state index in [9.17, 15) is 5.11 Å². The number of rotatable bonds is 4. The number of nitrogen functional groups attached to an aromatic ring is 1. The van der Waals surface area contributed by atoms with E-state index < -0.39 is 18.4 Å². The lowest BCUT2D eigenvalue weighted by atomic mass is 10.2. The molecule has 0 aromatic carbocycles. The van der Waals surface area contributed by atoms with Crippen molar-refractivity contribution in [1.82, 2.24) is 19.5 Å². The average Bonchev–Trinajstić information content (AvgIpc) is 3.02. The molecule has 1 aliphatic heterocycles. The predicted octanol–water partition coefficient (Wildman–Crippen LogP) is -0.978. The zero-order chi connectivity index (χ0) is 15.0. The van der Waals surface area contributed by atoms with Gasteiger partial charge < -0.3 is 20.7 Å². The molecule has 5 N–H and O–H groups in total. The Morgan fingerprint density at radius 1 is 1.57 bits per heavy atom. The van der Waals surface area contributed by atoms with Crippen LogP contribution in [-0.2, 0) is 9.57 Å². The van der Waals surface area contributed by atoms with Crippen LogP contribution in [0.25, 0.3) is 11.2 Å². The van der Waals surface area contributed by atoms with Gasteiger partial charge in [0, 0.05) is 6.42 Å². The lowest BCUT2D eigenvalue weighted by Gasteiger charge is -2.13. The zero-order valence-electron chi connectivity index (χ0n) is 11.3. The largest absolute Gasteiger partial charge is 0.394 e. The van der Waals surface area contributed by atoms with Crippen LogP contribution in [0.2, 0.25) is 0 Å². The van der Waals surface area contributed by atoms with Crippen LogP contribution in [0.4, 0.5) is 11.8 Å². The summed E-state index contributed by atoms with van der Waals surface area (Å²) in [6, 6.07) is 0. The van der Waals surface area contributed by atoms with Crippen LogP contribution < -0.4 is 11.2 Å². The molecule has 1 fully saturated rings. The molecule has 1 unspecified atom stereocenters. The van der Waals surface area contributed by atoms with Crippen LogP contribution in [0.1, 0.15) is 12.6 Å².